The molecule has 0 atom stereocenters. The molecule has 0 heterocycles. The third-order valence-corrected chi connectivity index (χ3v) is 2.77. The maximum Gasteiger partial charge on any atom is 0.419 e. The first-order valence-corrected chi connectivity index (χ1v) is 5.58. The Labute approximate surface area is 119 Å². The molecule has 6 heteroatoms. The van der Waals surface area contributed by atoms with Gasteiger partial charge in [0.25, 0.3) is 0 Å². The fraction of sp³-hybridized carbons (Fsp3) is 0.143. The number of rotatable bonds is 2. The lowest BCUT2D eigenvalue weighted by atomic mass is 10.0. The predicted octanol–water partition coefficient (Wildman–Crippen LogP) is 4.39. The lowest BCUT2D eigenvalue weighted by Crippen LogP contribution is -2.08. The second kappa shape index (κ2) is 6.24. The molecule has 0 bridgehead atoms. The number of alkyl halides is 3. The molecule has 2 aromatic rings. The van der Waals surface area contributed by atoms with E-state index in [1.807, 2.05) is 0 Å². The highest BCUT2D eigenvalue weighted by Crippen LogP contribution is 2.34. The lowest BCUT2D eigenvalue weighted by molar-refractivity contribution is -0.139. The molecular weight excluding hydrogens is 294 g/mol. The lowest BCUT2D eigenvalue weighted by Gasteiger charge is -2.10. The Morgan fingerprint density at radius 3 is 2.20 bits per heavy atom. The van der Waals surface area contributed by atoms with Crippen LogP contribution in [-0.2, 0) is 12.7 Å². The van der Waals surface area contributed by atoms with Crippen LogP contribution in [0, 0.1) is 5.82 Å². The van der Waals surface area contributed by atoms with Crippen LogP contribution in [0.1, 0.15) is 11.1 Å². The van der Waals surface area contributed by atoms with Gasteiger partial charge in [0.2, 0.25) is 0 Å². The Balaban J connectivity index is 0.00000200. The van der Waals surface area contributed by atoms with Gasteiger partial charge < -0.3 is 5.73 Å². The summed E-state index contributed by atoms with van der Waals surface area (Å²) in [5.74, 6) is -1.27. The van der Waals surface area contributed by atoms with Gasteiger partial charge in [0, 0.05) is 6.54 Å². The molecule has 0 saturated carbocycles. The Morgan fingerprint density at radius 2 is 1.60 bits per heavy atom. The van der Waals surface area contributed by atoms with E-state index >= 15 is 0 Å². The minimum absolute atomic E-state index is 0. The van der Waals surface area contributed by atoms with Gasteiger partial charge in [-0.25, -0.2) is 4.39 Å². The fourth-order valence-corrected chi connectivity index (χ4v) is 1.80. The minimum Gasteiger partial charge on any atom is -0.326 e. The minimum atomic E-state index is -4.70. The summed E-state index contributed by atoms with van der Waals surface area (Å²) in [5, 5.41) is 0. The first-order chi connectivity index (χ1) is 8.91. The summed E-state index contributed by atoms with van der Waals surface area (Å²) in [5.41, 5.74) is 5.91. The molecule has 0 spiro atoms. The average molecular weight is 306 g/mol. The molecule has 20 heavy (non-hydrogen) atoms. The standard InChI is InChI=1S/C14H11F4N.ClH/c15-13-5-4-11(7-12(13)14(16,17)18)10-3-1-2-9(6-10)8-19;/h1-7H,8,19H2;1H. The van der Waals surface area contributed by atoms with Crippen LogP contribution in [0.25, 0.3) is 11.1 Å². The molecule has 0 aliphatic heterocycles. The Hall–Kier alpha value is -1.59. The number of halogens is 5. The van der Waals surface area contributed by atoms with E-state index in [0.29, 0.717) is 17.7 Å². The highest BCUT2D eigenvalue weighted by atomic mass is 35.5. The molecule has 0 radical (unpaired) electrons. The summed E-state index contributed by atoms with van der Waals surface area (Å²) < 4.78 is 51.1. The second-order valence-corrected chi connectivity index (χ2v) is 4.10. The molecule has 2 N–H and O–H groups in total. The van der Waals surface area contributed by atoms with Crippen molar-refractivity contribution in [1.29, 1.82) is 0 Å². The molecule has 0 amide bonds. The largest absolute Gasteiger partial charge is 0.419 e. The summed E-state index contributed by atoms with van der Waals surface area (Å²) in [6.45, 7) is 0.293. The van der Waals surface area contributed by atoms with E-state index in [1.165, 1.54) is 6.07 Å². The third-order valence-electron chi connectivity index (χ3n) is 2.77. The molecule has 0 saturated heterocycles. The molecular formula is C14H12ClF4N. The number of hydrogen-bond donors (Lipinski definition) is 1. The monoisotopic (exact) mass is 305 g/mol. The zero-order valence-electron chi connectivity index (χ0n) is 10.2. The van der Waals surface area contributed by atoms with Crippen LogP contribution in [0.15, 0.2) is 42.5 Å². The van der Waals surface area contributed by atoms with E-state index in [2.05, 4.69) is 0 Å². The van der Waals surface area contributed by atoms with Crippen molar-refractivity contribution in [3.05, 3.63) is 59.4 Å². The van der Waals surface area contributed by atoms with Gasteiger partial charge in [-0.05, 0) is 34.9 Å². The van der Waals surface area contributed by atoms with Gasteiger partial charge in [-0.3, -0.25) is 0 Å². The summed E-state index contributed by atoms with van der Waals surface area (Å²) in [6, 6.07) is 9.78. The Bertz CT molecular complexity index is 596. The van der Waals surface area contributed by atoms with Gasteiger partial charge in [0.05, 0.1) is 5.56 Å². The van der Waals surface area contributed by atoms with E-state index in [4.69, 9.17) is 5.73 Å². The van der Waals surface area contributed by atoms with Crippen LogP contribution in [0.2, 0.25) is 0 Å². The van der Waals surface area contributed by atoms with Crippen molar-refractivity contribution in [2.24, 2.45) is 5.73 Å². The van der Waals surface area contributed by atoms with Crippen LogP contribution in [0.3, 0.4) is 0 Å². The highest BCUT2D eigenvalue weighted by Gasteiger charge is 2.34. The highest BCUT2D eigenvalue weighted by molar-refractivity contribution is 5.85. The van der Waals surface area contributed by atoms with Crippen LogP contribution in [0.5, 0.6) is 0 Å². The van der Waals surface area contributed by atoms with Crippen molar-refractivity contribution in [3.63, 3.8) is 0 Å². The van der Waals surface area contributed by atoms with Crippen molar-refractivity contribution < 1.29 is 17.6 Å². The number of nitrogens with two attached hydrogens (primary N) is 1. The summed E-state index contributed by atoms with van der Waals surface area (Å²) in [6.07, 6.45) is -4.70. The Kier molecular flexibility index (Phi) is 5.14. The average Bonchev–Trinajstić information content (AvgIpc) is 2.38. The zero-order chi connectivity index (χ0) is 14.0. The van der Waals surface area contributed by atoms with Crippen LogP contribution in [-0.4, -0.2) is 0 Å². The fourth-order valence-electron chi connectivity index (χ4n) is 1.80. The smallest absolute Gasteiger partial charge is 0.326 e. The van der Waals surface area contributed by atoms with Gasteiger partial charge >= 0.3 is 6.18 Å². The predicted molar refractivity (Wildman–Crippen MR) is 72.0 cm³/mol. The van der Waals surface area contributed by atoms with E-state index < -0.39 is 17.6 Å². The topological polar surface area (TPSA) is 26.0 Å². The molecule has 0 aliphatic rings. The number of hydrogen-bond acceptors (Lipinski definition) is 1. The van der Waals surface area contributed by atoms with E-state index in [1.54, 1.807) is 24.3 Å². The first-order valence-electron chi connectivity index (χ1n) is 5.58. The van der Waals surface area contributed by atoms with Gasteiger partial charge in [-0.15, -0.1) is 12.4 Å². The van der Waals surface area contributed by atoms with Crippen molar-refractivity contribution >= 4 is 12.4 Å². The zero-order valence-corrected chi connectivity index (χ0v) is 11.1. The first kappa shape index (κ1) is 16.5. The summed E-state index contributed by atoms with van der Waals surface area (Å²) >= 11 is 0. The van der Waals surface area contributed by atoms with Crippen molar-refractivity contribution in [2.75, 3.05) is 0 Å². The SMILES string of the molecule is Cl.NCc1cccc(-c2ccc(F)c(C(F)(F)F)c2)c1. The van der Waals surface area contributed by atoms with Crippen LogP contribution < -0.4 is 5.73 Å². The van der Waals surface area contributed by atoms with E-state index in [9.17, 15) is 17.6 Å². The maximum absolute atomic E-state index is 13.2. The van der Waals surface area contributed by atoms with E-state index in [-0.39, 0.29) is 12.4 Å². The van der Waals surface area contributed by atoms with Gasteiger partial charge in [0.15, 0.2) is 0 Å². The normalized spacial score (nSPS) is 11.1. The third kappa shape index (κ3) is 3.49. The molecule has 0 unspecified atom stereocenters. The number of benzene rings is 2. The molecule has 0 aromatic heterocycles. The Morgan fingerprint density at radius 1 is 0.950 bits per heavy atom. The van der Waals surface area contributed by atoms with Gasteiger partial charge in [-0.1, -0.05) is 24.3 Å². The summed E-state index contributed by atoms with van der Waals surface area (Å²) in [4.78, 5) is 0. The van der Waals surface area contributed by atoms with Crippen molar-refractivity contribution in [1.82, 2.24) is 0 Å². The quantitative estimate of drug-likeness (QED) is 0.818. The molecule has 0 fully saturated rings. The maximum atomic E-state index is 13.2. The molecule has 2 rings (SSSR count). The summed E-state index contributed by atoms with van der Waals surface area (Å²) in [7, 11) is 0. The van der Waals surface area contributed by atoms with Gasteiger partial charge in [0.1, 0.15) is 5.82 Å². The van der Waals surface area contributed by atoms with Crippen LogP contribution in [0.4, 0.5) is 17.6 Å². The molecule has 2 aromatic carbocycles. The van der Waals surface area contributed by atoms with Crippen LogP contribution >= 0.6 is 12.4 Å². The van der Waals surface area contributed by atoms with E-state index in [0.717, 1.165) is 17.7 Å². The van der Waals surface area contributed by atoms with Crippen molar-refractivity contribution in [2.45, 2.75) is 12.7 Å². The molecule has 108 valence electrons. The van der Waals surface area contributed by atoms with Crippen molar-refractivity contribution in [3.8, 4) is 11.1 Å². The molecule has 0 aliphatic carbocycles. The second-order valence-electron chi connectivity index (χ2n) is 4.10. The molecule has 1 nitrogen and oxygen atoms in total. The van der Waals surface area contributed by atoms with Gasteiger partial charge in [-0.2, -0.15) is 13.2 Å².